The molecule has 0 aromatic carbocycles. The van der Waals surface area contributed by atoms with Gasteiger partial charge in [-0.2, -0.15) is 0 Å². The summed E-state index contributed by atoms with van der Waals surface area (Å²) >= 11 is 0. The zero-order valence-corrected chi connectivity index (χ0v) is 4.13. The average Bonchev–Trinajstić information content (AvgIpc) is 2.15. The molecule has 0 bridgehead atoms. The smallest absolute Gasteiger partial charge is 0.208 e. The van der Waals surface area contributed by atoms with Crippen LogP contribution in [0.2, 0.25) is 0 Å². The molecular formula is C5H4N3+. The molecule has 2 heterocycles. The van der Waals surface area contributed by atoms with E-state index < -0.39 is 0 Å². The highest BCUT2D eigenvalue weighted by Crippen LogP contribution is 1.91. The molecule has 2 rings (SSSR count). The van der Waals surface area contributed by atoms with Crippen molar-refractivity contribution >= 4 is 12.2 Å². The van der Waals surface area contributed by atoms with Crippen molar-refractivity contribution in [1.82, 2.24) is 0 Å². The minimum absolute atomic E-state index is 0.935. The number of rotatable bonds is 0. The van der Waals surface area contributed by atoms with Gasteiger partial charge < -0.3 is 0 Å². The van der Waals surface area contributed by atoms with Gasteiger partial charge in [0, 0.05) is 0 Å². The lowest BCUT2D eigenvalue weighted by Crippen LogP contribution is -3.02. The first-order valence-corrected chi connectivity index (χ1v) is 2.37. The van der Waals surface area contributed by atoms with E-state index >= 15 is 0 Å². The van der Waals surface area contributed by atoms with E-state index in [4.69, 9.17) is 0 Å². The molecule has 1 atom stereocenters. The van der Waals surface area contributed by atoms with Crippen LogP contribution < -0.4 is 4.90 Å². The number of hydrogen-bond donors (Lipinski definition) is 1. The zero-order chi connectivity index (χ0) is 5.40. The fourth-order valence-electron chi connectivity index (χ4n) is 0.705. The molecule has 0 saturated carbocycles. The van der Waals surface area contributed by atoms with Crippen LogP contribution in [0.3, 0.4) is 0 Å². The van der Waals surface area contributed by atoms with Crippen molar-refractivity contribution in [2.45, 2.75) is 0 Å². The Bertz CT molecular complexity index is 230. The van der Waals surface area contributed by atoms with Gasteiger partial charge in [0.25, 0.3) is 5.82 Å². The predicted molar refractivity (Wildman–Crippen MR) is 29.5 cm³/mol. The van der Waals surface area contributed by atoms with E-state index in [-0.39, 0.29) is 0 Å². The maximum atomic E-state index is 3.89. The Morgan fingerprint density at radius 2 is 2.62 bits per heavy atom. The molecule has 0 saturated heterocycles. The molecule has 0 amide bonds. The van der Waals surface area contributed by atoms with Crippen molar-refractivity contribution in [3.63, 3.8) is 0 Å². The second kappa shape index (κ2) is 1.15. The van der Waals surface area contributed by atoms with Crippen molar-refractivity contribution in [3.8, 4) is 0 Å². The van der Waals surface area contributed by atoms with E-state index in [9.17, 15) is 0 Å². The first kappa shape index (κ1) is 3.78. The Hall–Kier alpha value is -1.18. The van der Waals surface area contributed by atoms with Gasteiger partial charge in [0.1, 0.15) is 6.20 Å². The van der Waals surface area contributed by atoms with E-state index in [1.807, 2.05) is 6.20 Å². The lowest BCUT2D eigenvalue weighted by atomic mass is 10.7. The molecular weight excluding hydrogens is 102 g/mol. The molecule has 2 aliphatic heterocycles. The number of quaternary nitrogens is 1. The molecule has 0 fully saturated rings. The standard InChI is InChI=1S/C5H3N3/c1-2-8-4-6-3-5(8)7-1/h2-4H/p+1. The Labute approximate surface area is 46.4 Å². The highest BCUT2D eigenvalue weighted by atomic mass is 15.3. The quantitative estimate of drug-likeness (QED) is 0.406. The summed E-state index contributed by atoms with van der Waals surface area (Å²) in [7, 11) is 0. The third-order valence-corrected chi connectivity index (χ3v) is 1.11. The lowest BCUT2D eigenvalue weighted by Gasteiger charge is -1.91. The van der Waals surface area contributed by atoms with Crippen LogP contribution in [0.5, 0.6) is 0 Å². The van der Waals surface area contributed by atoms with Gasteiger partial charge in [0.2, 0.25) is 0 Å². The van der Waals surface area contributed by atoms with Crippen LogP contribution in [-0.4, -0.2) is 12.2 Å². The molecule has 1 N–H and O–H groups in total. The average molecular weight is 106 g/mol. The molecule has 38 valence electrons. The summed E-state index contributed by atoms with van der Waals surface area (Å²) in [6.07, 6.45) is 5.33. The third kappa shape index (κ3) is 0.320. The van der Waals surface area contributed by atoms with Gasteiger partial charge >= 0.3 is 0 Å². The molecule has 0 spiro atoms. The monoisotopic (exact) mass is 106 g/mol. The first-order valence-electron chi connectivity index (χ1n) is 2.37. The van der Waals surface area contributed by atoms with E-state index in [0.717, 1.165) is 10.7 Å². The van der Waals surface area contributed by atoms with Gasteiger partial charge in [-0.3, -0.25) is 0 Å². The van der Waals surface area contributed by atoms with Crippen molar-refractivity contribution in [3.05, 3.63) is 18.2 Å². The number of fused-ring (bicyclic) bond motifs is 1. The fourth-order valence-corrected chi connectivity index (χ4v) is 0.705. The van der Waals surface area contributed by atoms with Crippen LogP contribution in [0.1, 0.15) is 0 Å². The van der Waals surface area contributed by atoms with Crippen LogP contribution in [0.15, 0.2) is 28.2 Å². The summed E-state index contributed by atoms with van der Waals surface area (Å²) in [6, 6.07) is 0. The van der Waals surface area contributed by atoms with E-state index in [2.05, 4.69) is 15.9 Å². The SMILES string of the molecule is C1=C[NH+]2C=NC=C2N=1. The van der Waals surface area contributed by atoms with Gasteiger partial charge in [-0.15, -0.1) is 4.99 Å². The topological polar surface area (TPSA) is 29.2 Å². The molecule has 0 aromatic heterocycles. The minimum atomic E-state index is 0.935. The van der Waals surface area contributed by atoms with Crippen LogP contribution in [0.25, 0.3) is 0 Å². The van der Waals surface area contributed by atoms with Crippen molar-refractivity contribution in [1.29, 1.82) is 0 Å². The van der Waals surface area contributed by atoms with Crippen LogP contribution in [-0.2, 0) is 0 Å². The summed E-state index contributed by atoms with van der Waals surface area (Å²) in [5, 5.41) is 0. The molecule has 0 aromatic rings. The fraction of sp³-hybridized carbons (Fsp3) is 0. The zero-order valence-electron chi connectivity index (χ0n) is 4.13. The highest BCUT2D eigenvalue weighted by Gasteiger charge is 2.17. The molecule has 8 heavy (non-hydrogen) atoms. The second-order valence-electron chi connectivity index (χ2n) is 1.63. The normalized spacial score (nSPS) is 29.0. The highest BCUT2D eigenvalue weighted by molar-refractivity contribution is 5.61. The van der Waals surface area contributed by atoms with Crippen LogP contribution in [0.4, 0.5) is 0 Å². The number of hydrogen-bond acceptors (Lipinski definition) is 2. The van der Waals surface area contributed by atoms with Gasteiger partial charge in [0.15, 0.2) is 12.5 Å². The molecule has 1 unspecified atom stereocenters. The number of nitrogens with zero attached hydrogens (tertiary/aromatic N) is 2. The van der Waals surface area contributed by atoms with E-state index in [1.165, 1.54) is 0 Å². The maximum Gasteiger partial charge on any atom is 0.264 e. The second-order valence-corrected chi connectivity index (χ2v) is 1.63. The first-order chi connectivity index (χ1) is 3.97. The van der Waals surface area contributed by atoms with Crippen molar-refractivity contribution in [2.75, 3.05) is 0 Å². The minimum Gasteiger partial charge on any atom is -0.208 e. The Balaban J connectivity index is 2.49. The number of nitrogens with one attached hydrogen (secondary N) is 1. The Morgan fingerprint density at radius 1 is 1.62 bits per heavy atom. The van der Waals surface area contributed by atoms with Crippen molar-refractivity contribution < 1.29 is 4.90 Å². The maximum absolute atomic E-state index is 3.89. The molecule has 3 nitrogen and oxygen atoms in total. The molecule has 0 radical (unpaired) electrons. The third-order valence-electron chi connectivity index (χ3n) is 1.11. The number of aliphatic imine (C=N–C) groups is 2. The van der Waals surface area contributed by atoms with E-state index in [0.29, 0.717) is 0 Å². The Morgan fingerprint density at radius 3 is 3.50 bits per heavy atom. The summed E-state index contributed by atoms with van der Waals surface area (Å²) in [5.41, 5.74) is 0. The summed E-state index contributed by atoms with van der Waals surface area (Å²) in [6.45, 7) is 0. The summed E-state index contributed by atoms with van der Waals surface area (Å²) < 4.78 is 0. The molecule has 3 heteroatoms. The van der Waals surface area contributed by atoms with E-state index in [1.54, 1.807) is 12.5 Å². The summed E-state index contributed by atoms with van der Waals surface area (Å²) in [5.74, 6) is 3.66. The molecule has 2 aliphatic rings. The van der Waals surface area contributed by atoms with Crippen molar-refractivity contribution in [2.24, 2.45) is 9.98 Å². The van der Waals surface area contributed by atoms with Gasteiger partial charge in [0.05, 0.1) is 5.87 Å². The molecule has 0 aliphatic carbocycles. The lowest BCUT2D eigenvalue weighted by molar-refractivity contribution is -0.684. The predicted octanol–water partition coefficient (Wildman–Crippen LogP) is -1.09. The largest absolute Gasteiger partial charge is 0.264 e. The Kier molecular flexibility index (Phi) is 0.545. The van der Waals surface area contributed by atoms with Crippen LogP contribution >= 0.6 is 0 Å². The van der Waals surface area contributed by atoms with Gasteiger partial charge in [-0.25, -0.2) is 9.89 Å². The summed E-state index contributed by atoms with van der Waals surface area (Å²) in [4.78, 5) is 8.84. The van der Waals surface area contributed by atoms with Gasteiger partial charge in [-0.1, -0.05) is 0 Å². The van der Waals surface area contributed by atoms with Crippen LogP contribution in [0, 0.1) is 0 Å². The van der Waals surface area contributed by atoms with Gasteiger partial charge in [-0.05, 0) is 0 Å².